The van der Waals surface area contributed by atoms with Crippen molar-refractivity contribution in [1.82, 2.24) is 9.97 Å². The molecule has 2 aromatic heterocycles. The van der Waals surface area contributed by atoms with Crippen molar-refractivity contribution < 1.29 is 0 Å². The predicted octanol–water partition coefficient (Wildman–Crippen LogP) is 8.94. The topological polar surface area (TPSA) is 31.6 Å². The van der Waals surface area contributed by atoms with Crippen molar-refractivity contribution in [2.45, 2.75) is 66.2 Å². The lowest BCUT2D eigenvalue weighted by Crippen LogP contribution is -2.26. The molecule has 1 atom stereocenters. The number of hydrogen-bond acceptors (Lipinski definition) is 0. The number of aromatic amines is 2. The van der Waals surface area contributed by atoms with E-state index in [9.17, 15) is 0 Å². The molecule has 0 saturated carbocycles. The van der Waals surface area contributed by atoms with Gasteiger partial charge in [-0.05, 0) is 71.4 Å². The molecular formula is C32H38N2. The van der Waals surface area contributed by atoms with Crippen LogP contribution in [0.25, 0.3) is 32.7 Å². The maximum absolute atomic E-state index is 3.59. The van der Waals surface area contributed by atoms with Crippen LogP contribution in [0.2, 0.25) is 0 Å². The summed E-state index contributed by atoms with van der Waals surface area (Å²) in [5.41, 5.74) is 8.82. The Morgan fingerprint density at radius 2 is 1.29 bits per heavy atom. The van der Waals surface area contributed by atoms with Crippen molar-refractivity contribution in [2.24, 2.45) is 11.3 Å². The molecule has 0 bridgehead atoms. The lowest BCUT2D eigenvalue weighted by atomic mass is 9.71. The van der Waals surface area contributed by atoms with Crippen molar-refractivity contribution in [3.05, 3.63) is 83.6 Å². The van der Waals surface area contributed by atoms with Crippen molar-refractivity contribution in [1.29, 1.82) is 0 Å². The number of H-pyrrole nitrogens is 2. The summed E-state index contributed by atoms with van der Waals surface area (Å²) in [5, 5.41) is 4.08. The summed E-state index contributed by atoms with van der Waals surface area (Å²) in [7, 11) is 0. The van der Waals surface area contributed by atoms with E-state index in [2.05, 4.69) is 118 Å². The molecule has 2 nitrogen and oxygen atoms in total. The molecular weight excluding hydrogens is 412 g/mol. The van der Waals surface area contributed by atoms with E-state index < -0.39 is 0 Å². The van der Waals surface area contributed by atoms with Crippen LogP contribution in [0.5, 0.6) is 0 Å². The minimum Gasteiger partial charge on any atom is -0.358 e. The maximum atomic E-state index is 3.59. The van der Waals surface area contributed by atoms with Crippen molar-refractivity contribution in [3.8, 4) is 0 Å². The lowest BCUT2D eigenvalue weighted by molar-refractivity contribution is 0.216. The van der Waals surface area contributed by atoms with Crippen LogP contribution >= 0.6 is 0 Å². The number of rotatable bonds is 0. The normalized spacial score (nSPS) is 16.5. The van der Waals surface area contributed by atoms with Crippen LogP contribution in [0.3, 0.4) is 0 Å². The molecule has 3 aromatic carbocycles. The van der Waals surface area contributed by atoms with Gasteiger partial charge in [0.05, 0.1) is 0 Å². The third-order valence-corrected chi connectivity index (χ3v) is 7.69. The molecule has 1 aliphatic carbocycles. The third-order valence-electron chi connectivity index (χ3n) is 7.69. The molecule has 2 N–H and O–H groups in total. The van der Waals surface area contributed by atoms with E-state index in [1.165, 1.54) is 63.2 Å². The summed E-state index contributed by atoms with van der Waals surface area (Å²) in [5.74, 6) is 0.814. The second-order valence-corrected chi connectivity index (χ2v) is 12.1. The Morgan fingerprint density at radius 3 is 1.97 bits per heavy atom. The van der Waals surface area contributed by atoms with Crippen LogP contribution in [-0.4, -0.2) is 9.97 Å². The van der Waals surface area contributed by atoms with Crippen LogP contribution in [-0.2, 0) is 18.3 Å². The first kappa shape index (κ1) is 22.8. The summed E-state index contributed by atoms with van der Waals surface area (Å²) >= 11 is 0. The Balaban J connectivity index is 0.000000142. The van der Waals surface area contributed by atoms with Gasteiger partial charge in [0.2, 0.25) is 0 Å². The minimum absolute atomic E-state index is 0.201. The Labute approximate surface area is 203 Å². The standard InChI is InChI=1S/C16H21N.C16H17N/c2*1-16(2,3)11-8-9-15-13(10-11)12-6-4-5-7-14(12)17-15/h4-7,11,17H,8-10H2,1-3H3;4-10,17H,1-3H3. The fraction of sp³-hybridized carbons (Fsp3) is 0.375. The highest BCUT2D eigenvalue weighted by Crippen LogP contribution is 2.39. The summed E-state index contributed by atoms with van der Waals surface area (Å²) < 4.78 is 0. The zero-order valence-electron chi connectivity index (χ0n) is 21.5. The summed E-state index contributed by atoms with van der Waals surface area (Å²) in [4.78, 5) is 7.04. The number of nitrogens with one attached hydrogen (secondary N) is 2. The van der Waals surface area contributed by atoms with Gasteiger partial charge in [0.1, 0.15) is 0 Å². The molecule has 0 aliphatic heterocycles. The molecule has 0 amide bonds. The molecule has 2 heteroatoms. The van der Waals surface area contributed by atoms with Crippen molar-refractivity contribution >= 4 is 32.7 Å². The van der Waals surface area contributed by atoms with E-state index in [1.807, 2.05) is 0 Å². The predicted molar refractivity (Wildman–Crippen MR) is 148 cm³/mol. The Morgan fingerprint density at radius 1 is 0.676 bits per heavy atom. The SMILES string of the molecule is CC(C)(C)C1CCc2[nH]c3ccccc3c2C1.CC(C)(C)c1ccc2[nH]c3ccccc3c2c1. The molecule has 1 aliphatic rings. The second-order valence-electron chi connectivity index (χ2n) is 12.1. The number of benzene rings is 3. The summed E-state index contributed by atoms with van der Waals surface area (Å²) in [6.45, 7) is 13.9. The highest BCUT2D eigenvalue weighted by Gasteiger charge is 2.30. The van der Waals surface area contributed by atoms with Gasteiger partial charge in [0.15, 0.2) is 0 Å². The number of para-hydroxylation sites is 2. The van der Waals surface area contributed by atoms with Gasteiger partial charge in [-0.2, -0.15) is 0 Å². The zero-order chi connectivity index (χ0) is 24.1. The number of fused-ring (bicyclic) bond motifs is 6. The quantitative estimate of drug-likeness (QED) is 0.236. The third kappa shape index (κ3) is 4.27. The number of aryl methyl sites for hydroxylation is 1. The first-order valence-electron chi connectivity index (χ1n) is 12.7. The second kappa shape index (κ2) is 8.34. The molecule has 0 saturated heterocycles. The van der Waals surface area contributed by atoms with Crippen LogP contribution < -0.4 is 0 Å². The largest absolute Gasteiger partial charge is 0.358 e. The van der Waals surface area contributed by atoms with Gasteiger partial charge in [0, 0.05) is 38.4 Å². The minimum atomic E-state index is 0.201. The van der Waals surface area contributed by atoms with Crippen LogP contribution in [0, 0.1) is 11.3 Å². The Kier molecular flexibility index (Phi) is 5.59. The van der Waals surface area contributed by atoms with E-state index >= 15 is 0 Å². The maximum Gasteiger partial charge on any atom is 0.0465 e. The highest BCUT2D eigenvalue weighted by atomic mass is 14.7. The van der Waals surface area contributed by atoms with Gasteiger partial charge in [0.25, 0.3) is 0 Å². The smallest absolute Gasteiger partial charge is 0.0465 e. The molecule has 1 unspecified atom stereocenters. The van der Waals surface area contributed by atoms with Gasteiger partial charge in [-0.1, -0.05) is 84.0 Å². The molecule has 5 aromatic rings. The molecule has 0 fully saturated rings. The molecule has 2 heterocycles. The highest BCUT2D eigenvalue weighted by molar-refractivity contribution is 6.07. The summed E-state index contributed by atoms with van der Waals surface area (Å²) in [6.07, 6.45) is 3.78. The van der Waals surface area contributed by atoms with E-state index in [1.54, 1.807) is 5.56 Å². The van der Waals surface area contributed by atoms with Gasteiger partial charge >= 0.3 is 0 Å². The number of hydrogen-bond donors (Lipinski definition) is 2. The monoisotopic (exact) mass is 450 g/mol. The fourth-order valence-electron chi connectivity index (χ4n) is 5.42. The molecule has 176 valence electrons. The van der Waals surface area contributed by atoms with Crippen molar-refractivity contribution in [3.63, 3.8) is 0 Å². The fourth-order valence-corrected chi connectivity index (χ4v) is 5.42. The first-order chi connectivity index (χ1) is 16.1. The lowest BCUT2D eigenvalue weighted by Gasteiger charge is -2.34. The van der Waals surface area contributed by atoms with Crippen LogP contribution in [0.1, 0.15) is 64.8 Å². The summed E-state index contributed by atoms with van der Waals surface area (Å²) in [6, 6.07) is 23.9. The Hall–Kier alpha value is -3.00. The van der Waals surface area contributed by atoms with Gasteiger partial charge < -0.3 is 9.97 Å². The van der Waals surface area contributed by atoms with E-state index in [-0.39, 0.29) is 5.41 Å². The molecule has 34 heavy (non-hydrogen) atoms. The van der Waals surface area contributed by atoms with E-state index in [0.717, 1.165) is 5.92 Å². The van der Waals surface area contributed by atoms with Gasteiger partial charge in [-0.3, -0.25) is 0 Å². The van der Waals surface area contributed by atoms with E-state index in [0.29, 0.717) is 5.41 Å². The average molecular weight is 451 g/mol. The number of aromatic nitrogens is 2. The van der Waals surface area contributed by atoms with E-state index in [4.69, 9.17) is 0 Å². The first-order valence-corrected chi connectivity index (χ1v) is 12.7. The molecule has 6 rings (SSSR count). The molecule has 0 radical (unpaired) electrons. The van der Waals surface area contributed by atoms with Crippen molar-refractivity contribution in [2.75, 3.05) is 0 Å². The molecule has 0 spiro atoms. The zero-order valence-corrected chi connectivity index (χ0v) is 21.5. The Bertz CT molecular complexity index is 1450. The average Bonchev–Trinajstić information content (AvgIpc) is 3.35. The van der Waals surface area contributed by atoms with Crippen LogP contribution in [0.4, 0.5) is 0 Å². The van der Waals surface area contributed by atoms with Crippen LogP contribution in [0.15, 0.2) is 66.7 Å². The van der Waals surface area contributed by atoms with Gasteiger partial charge in [-0.25, -0.2) is 0 Å². The van der Waals surface area contributed by atoms with Gasteiger partial charge in [-0.15, -0.1) is 0 Å².